The number of amides is 1. The van der Waals surface area contributed by atoms with Gasteiger partial charge >= 0.3 is 5.69 Å². The zero-order chi connectivity index (χ0) is 19.3. The summed E-state index contributed by atoms with van der Waals surface area (Å²) in [5.41, 5.74) is 2.17. The number of imidazole rings is 1. The maximum Gasteiger partial charge on any atom is 0.326 e. The van der Waals surface area contributed by atoms with E-state index in [1.807, 2.05) is 27.7 Å². The molecule has 3 aromatic rings. The molecule has 8 heteroatoms. The monoisotopic (exact) mass is 380 g/mol. The van der Waals surface area contributed by atoms with Gasteiger partial charge in [0.15, 0.2) is 5.82 Å². The number of likely N-dealkylation sites (tertiary alicyclic amines) is 1. The first-order chi connectivity index (χ1) is 13.6. The number of nitrogens with one attached hydrogen (secondary N) is 2. The third kappa shape index (κ3) is 2.93. The predicted molar refractivity (Wildman–Crippen MR) is 104 cm³/mol. The molecule has 1 saturated heterocycles. The van der Waals surface area contributed by atoms with Crippen molar-refractivity contribution in [3.63, 3.8) is 0 Å². The van der Waals surface area contributed by atoms with Crippen LogP contribution < -0.4 is 5.69 Å². The number of hydrogen-bond acceptors (Lipinski definition) is 4. The Morgan fingerprint density at radius 3 is 2.68 bits per heavy atom. The quantitative estimate of drug-likeness (QED) is 0.726. The van der Waals surface area contributed by atoms with Gasteiger partial charge in [-0.05, 0) is 43.9 Å². The Labute approximate surface area is 162 Å². The van der Waals surface area contributed by atoms with Gasteiger partial charge in [-0.15, -0.1) is 0 Å². The van der Waals surface area contributed by atoms with Gasteiger partial charge in [0.2, 0.25) is 0 Å². The van der Waals surface area contributed by atoms with E-state index in [1.54, 1.807) is 0 Å². The summed E-state index contributed by atoms with van der Waals surface area (Å²) in [5, 5.41) is 7.30. The number of H-pyrrole nitrogens is 2. The summed E-state index contributed by atoms with van der Waals surface area (Å²) in [6.45, 7) is 3.43. The number of aromatic nitrogens is 5. The highest BCUT2D eigenvalue weighted by Crippen LogP contribution is 2.36. The molecule has 3 heterocycles. The van der Waals surface area contributed by atoms with E-state index in [2.05, 4.69) is 27.1 Å². The molecule has 2 aliphatic rings. The first-order valence-electron chi connectivity index (χ1n) is 10.1. The third-order valence-corrected chi connectivity index (χ3v) is 5.91. The molecule has 8 nitrogen and oxygen atoms in total. The van der Waals surface area contributed by atoms with Gasteiger partial charge in [-0.1, -0.05) is 6.92 Å². The van der Waals surface area contributed by atoms with Crippen molar-refractivity contribution in [2.45, 2.75) is 51.0 Å². The summed E-state index contributed by atoms with van der Waals surface area (Å²) in [7, 11) is 0. The number of carbonyl (C=O) groups excluding carboxylic acids is 1. The van der Waals surface area contributed by atoms with Gasteiger partial charge in [0, 0.05) is 37.0 Å². The smallest absolute Gasteiger partial charge is 0.326 e. The Kier molecular flexibility index (Phi) is 4.07. The molecule has 0 spiro atoms. The maximum atomic E-state index is 13.0. The van der Waals surface area contributed by atoms with Crippen molar-refractivity contribution < 1.29 is 4.79 Å². The molecule has 1 aliphatic heterocycles. The number of nitrogens with zero attached hydrogens (tertiary/aromatic N) is 4. The summed E-state index contributed by atoms with van der Waals surface area (Å²) >= 11 is 0. The Hall–Kier alpha value is -2.90. The van der Waals surface area contributed by atoms with E-state index in [-0.39, 0.29) is 11.6 Å². The number of aromatic amines is 2. The van der Waals surface area contributed by atoms with E-state index in [0.717, 1.165) is 54.8 Å². The van der Waals surface area contributed by atoms with E-state index in [4.69, 9.17) is 0 Å². The number of piperidine rings is 1. The highest BCUT2D eigenvalue weighted by Gasteiger charge is 2.29. The van der Waals surface area contributed by atoms with Crippen molar-refractivity contribution in [1.82, 2.24) is 29.6 Å². The van der Waals surface area contributed by atoms with Crippen LogP contribution in [-0.2, 0) is 6.42 Å². The van der Waals surface area contributed by atoms with Crippen LogP contribution >= 0.6 is 0 Å². The first-order valence-corrected chi connectivity index (χ1v) is 10.1. The second-order valence-corrected chi connectivity index (χ2v) is 7.82. The van der Waals surface area contributed by atoms with Gasteiger partial charge in [-0.2, -0.15) is 5.10 Å². The Morgan fingerprint density at radius 1 is 1.21 bits per heavy atom. The molecule has 0 bridgehead atoms. The number of hydrogen-bond donors (Lipinski definition) is 2. The van der Waals surface area contributed by atoms with E-state index < -0.39 is 0 Å². The molecule has 0 radical (unpaired) electrons. The van der Waals surface area contributed by atoms with Gasteiger partial charge in [-0.3, -0.25) is 14.5 Å². The maximum absolute atomic E-state index is 13.0. The molecular formula is C20H24N6O2. The minimum atomic E-state index is -0.0825. The average molecular weight is 380 g/mol. The Bertz CT molecular complexity index is 1080. The summed E-state index contributed by atoms with van der Waals surface area (Å²) in [4.78, 5) is 34.5. The summed E-state index contributed by atoms with van der Waals surface area (Å²) < 4.78 is 1.82. The van der Waals surface area contributed by atoms with Crippen molar-refractivity contribution in [2.24, 2.45) is 0 Å². The minimum Gasteiger partial charge on any atom is -0.339 e. The van der Waals surface area contributed by atoms with Crippen LogP contribution in [0, 0.1) is 0 Å². The number of carbonyl (C=O) groups is 1. The SMILES string of the molecule is CCc1nc(C2CCN(C(=O)c3ccc4c(c3)[nH]c(=O)n4C3CC3)CC2)n[nH]1. The fourth-order valence-corrected chi connectivity index (χ4v) is 4.13. The highest BCUT2D eigenvalue weighted by atomic mass is 16.2. The normalized spacial score (nSPS) is 18.1. The first kappa shape index (κ1) is 17.2. The second kappa shape index (κ2) is 6.61. The van der Waals surface area contributed by atoms with Crippen LogP contribution in [-0.4, -0.2) is 48.6 Å². The van der Waals surface area contributed by atoms with E-state index >= 15 is 0 Å². The lowest BCUT2D eigenvalue weighted by Crippen LogP contribution is -2.38. The van der Waals surface area contributed by atoms with E-state index in [9.17, 15) is 9.59 Å². The lowest BCUT2D eigenvalue weighted by atomic mass is 9.95. The van der Waals surface area contributed by atoms with E-state index in [0.29, 0.717) is 30.6 Å². The van der Waals surface area contributed by atoms with Gasteiger partial charge in [0.1, 0.15) is 5.82 Å². The molecule has 2 N–H and O–H groups in total. The topological polar surface area (TPSA) is 99.7 Å². The fourth-order valence-electron chi connectivity index (χ4n) is 4.13. The largest absolute Gasteiger partial charge is 0.339 e. The van der Waals surface area contributed by atoms with Crippen LogP contribution in [0.4, 0.5) is 0 Å². The zero-order valence-corrected chi connectivity index (χ0v) is 15.9. The Balaban J connectivity index is 1.31. The average Bonchev–Trinajstić information content (AvgIpc) is 3.33. The van der Waals surface area contributed by atoms with Crippen LogP contribution in [0.2, 0.25) is 0 Å². The van der Waals surface area contributed by atoms with Gasteiger partial charge in [0.25, 0.3) is 5.91 Å². The highest BCUT2D eigenvalue weighted by molar-refractivity contribution is 5.97. The lowest BCUT2D eigenvalue weighted by Gasteiger charge is -2.30. The van der Waals surface area contributed by atoms with Crippen LogP contribution in [0.15, 0.2) is 23.0 Å². The minimum absolute atomic E-state index is 0.0182. The molecule has 1 saturated carbocycles. The number of rotatable bonds is 4. The molecule has 146 valence electrons. The molecule has 5 rings (SSSR count). The van der Waals surface area contributed by atoms with Crippen LogP contribution in [0.5, 0.6) is 0 Å². The second-order valence-electron chi connectivity index (χ2n) is 7.82. The van der Waals surface area contributed by atoms with E-state index in [1.165, 1.54) is 0 Å². The van der Waals surface area contributed by atoms with Crippen molar-refractivity contribution in [3.05, 3.63) is 45.9 Å². The molecule has 2 fully saturated rings. The molecule has 28 heavy (non-hydrogen) atoms. The van der Waals surface area contributed by atoms with Crippen molar-refractivity contribution >= 4 is 16.9 Å². The number of benzene rings is 1. The number of aryl methyl sites for hydroxylation is 1. The molecule has 0 atom stereocenters. The standard InChI is InChI=1S/C20H24N6O2/c1-2-17-22-18(24-23-17)12-7-9-25(10-8-12)19(27)13-3-6-16-15(11-13)21-20(28)26(16)14-4-5-14/h3,6,11-12,14H,2,4-5,7-10H2,1H3,(H,21,28)(H,22,23,24). The van der Waals surface area contributed by atoms with Crippen LogP contribution in [0.1, 0.15) is 66.6 Å². The predicted octanol–water partition coefficient (Wildman–Crippen LogP) is 2.36. The zero-order valence-electron chi connectivity index (χ0n) is 15.9. The van der Waals surface area contributed by atoms with Crippen molar-refractivity contribution in [2.75, 3.05) is 13.1 Å². The van der Waals surface area contributed by atoms with Gasteiger partial charge < -0.3 is 9.88 Å². The molecule has 1 aliphatic carbocycles. The molecule has 1 amide bonds. The molecule has 1 aromatic carbocycles. The molecule has 2 aromatic heterocycles. The van der Waals surface area contributed by atoms with Crippen molar-refractivity contribution in [3.8, 4) is 0 Å². The summed E-state index contributed by atoms with van der Waals surface area (Å²) in [5.74, 6) is 2.09. The fraction of sp³-hybridized carbons (Fsp3) is 0.500. The number of fused-ring (bicyclic) bond motifs is 1. The van der Waals surface area contributed by atoms with Gasteiger partial charge in [0.05, 0.1) is 11.0 Å². The van der Waals surface area contributed by atoms with Crippen LogP contribution in [0.25, 0.3) is 11.0 Å². The van der Waals surface area contributed by atoms with Crippen molar-refractivity contribution in [1.29, 1.82) is 0 Å². The summed E-state index contributed by atoms with van der Waals surface area (Å²) in [6.07, 6.45) is 4.67. The molecule has 0 unspecified atom stereocenters. The molecular weight excluding hydrogens is 356 g/mol. The summed E-state index contributed by atoms with van der Waals surface area (Å²) in [6, 6.07) is 5.86. The third-order valence-electron chi connectivity index (χ3n) is 5.91. The van der Waals surface area contributed by atoms with Crippen LogP contribution in [0.3, 0.4) is 0 Å². The van der Waals surface area contributed by atoms with Gasteiger partial charge in [-0.25, -0.2) is 9.78 Å². The lowest BCUT2D eigenvalue weighted by molar-refractivity contribution is 0.0711. The Morgan fingerprint density at radius 2 is 2.00 bits per heavy atom.